The third kappa shape index (κ3) is 2.20. The normalized spacial score (nSPS) is 10.2. The Labute approximate surface area is 71.6 Å². The summed E-state index contributed by atoms with van der Waals surface area (Å²) >= 11 is 0. The maximum absolute atomic E-state index is 11.2. The van der Waals surface area contributed by atoms with Gasteiger partial charge in [-0.05, 0) is 12.5 Å². The van der Waals surface area contributed by atoms with E-state index in [0.717, 1.165) is 5.56 Å². The second-order valence-electron chi connectivity index (χ2n) is 2.73. The fourth-order valence-electron chi connectivity index (χ4n) is 1.02. The van der Waals surface area contributed by atoms with Crippen molar-refractivity contribution in [3.8, 4) is 0 Å². The largest absolute Gasteiger partial charge is 0.383 e. The van der Waals surface area contributed by atoms with Gasteiger partial charge in [0.25, 0.3) is 5.56 Å². The summed E-state index contributed by atoms with van der Waals surface area (Å²) in [4.78, 5) is 11.2. The van der Waals surface area contributed by atoms with Gasteiger partial charge in [0.05, 0.1) is 6.61 Å². The Morgan fingerprint density at radius 3 is 2.92 bits per heavy atom. The fourth-order valence-corrected chi connectivity index (χ4v) is 1.02. The summed E-state index contributed by atoms with van der Waals surface area (Å²) in [6, 6.07) is 3.39. The molecule has 0 fully saturated rings. The molecule has 66 valence electrons. The van der Waals surface area contributed by atoms with Crippen LogP contribution in [0.1, 0.15) is 5.56 Å². The first kappa shape index (κ1) is 9.00. The van der Waals surface area contributed by atoms with Crippen LogP contribution in [0.25, 0.3) is 0 Å². The molecule has 0 atom stereocenters. The standard InChI is InChI=1S/C9H13NO2/c1-8-3-4-9(11)10(7-8)5-6-12-2/h3-4,7H,5-6H2,1-2H3. The fraction of sp³-hybridized carbons (Fsp3) is 0.444. The molecular weight excluding hydrogens is 154 g/mol. The van der Waals surface area contributed by atoms with Crippen LogP contribution in [-0.4, -0.2) is 18.3 Å². The Kier molecular flexibility index (Phi) is 3.05. The number of aryl methyl sites for hydroxylation is 1. The van der Waals surface area contributed by atoms with Crippen LogP contribution >= 0.6 is 0 Å². The first-order chi connectivity index (χ1) is 5.74. The van der Waals surface area contributed by atoms with Crippen molar-refractivity contribution in [2.24, 2.45) is 0 Å². The van der Waals surface area contributed by atoms with Gasteiger partial charge in [-0.2, -0.15) is 0 Å². The topological polar surface area (TPSA) is 31.2 Å². The van der Waals surface area contributed by atoms with Crippen LogP contribution < -0.4 is 5.56 Å². The lowest BCUT2D eigenvalue weighted by molar-refractivity contribution is 0.186. The predicted molar refractivity (Wildman–Crippen MR) is 47.3 cm³/mol. The number of aromatic nitrogens is 1. The molecule has 0 N–H and O–H groups in total. The molecule has 0 amide bonds. The van der Waals surface area contributed by atoms with Crippen LogP contribution in [0.15, 0.2) is 23.1 Å². The number of methoxy groups -OCH3 is 1. The van der Waals surface area contributed by atoms with Gasteiger partial charge in [0, 0.05) is 25.9 Å². The van der Waals surface area contributed by atoms with Gasteiger partial charge < -0.3 is 9.30 Å². The van der Waals surface area contributed by atoms with Gasteiger partial charge in [0.2, 0.25) is 0 Å². The summed E-state index contributed by atoms with van der Waals surface area (Å²) in [5, 5.41) is 0. The third-order valence-electron chi connectivity index (χ3n) is 1.67. The predicted octanol–water partition coefficient (Wildman–Crippen LogP) is 0.803. The average Bonchev–Trinajstić information content (AvgIpc) is 2.07. The van der Waals surface area contributed by atoms with E-state index in [1.165, 1.54) is 0 Å². The van der Waals surface area contributed by atoms with E-state index in [0.29, 0.717) is 13.2 Å². The van der Waals surface area contributed by atoms with Crippen LogP contribution in [0.3, 0.4) is 0 Å². The highest BCUT2D eigenvalue weighted by atomic mass is 16.5. The molecule has 0 spiro atoms. The van der Waals surface area contributed by atoms with Gasteiger partial charge in [-0.3, -0.25) is 4.79 Å². The minimum atomic E-state index is 0.0256. The number of rotatable bonds is 3. The minimum absolute atomic E-state index is 0.0256. The molecule has 0 saturated carbocycles. The highest BCUT2D eigenvalue weighted by molar-refractivity contribution is 5.06. The van der Waals surface area contributed by atoms with Crippen molar-refractivity contribution in [1.82, 2.24) is 4.57 Å². The van der Waals surface area contributed by atoms with E-state index in [1.807, 2.05) is 19.2 Å². The molecule has 0 saturated heterocycles. The van der Waals surface area contributed by atoms with Crippen molar-refractivity contribution < 1.29 is 4.74 Å². The van der Waals surface area contributed by atoms with Crippen LogP contribution in [-0.2, 0) is 11.3 Å². The average molecular weight is 167 g/mol. The molecule has 1 rings (SSSR count). The Balaban J connectivity index is 2.83. The van der Waals surface area contributed by atoms with Crippen LogP contribution in [0, 0.1) is 6.92 Å². The van der Waals surface area contributed by atoms with Crippen molar-refractivity contribution in [2.75, 3.05) is 13.7 Å². The molecule has 0 unspecified atom stereocenters. The van der Waals surface area contributed by atoms with E-state index in [4.69, 9.17) is 4.74 Å². The molecule has 1 heterocycles. The Morgan fingerprint density at radius 2 is 2.25 bits per heavy atom. The zero-order chi connectivity index (χ0) is 8.97. The summed E-state index contributed by atoms with van der Waals surface area (Å²) in [6.45, 7) is 3.16. The third-order valence-corrected chi connectivity index (χ3v) is 1.67. The summed E-state index contributed by atoms with van der Waals surface area (Å²) in [5.74, 6) is 0. The second-order valence-corrected chi connectivity index (χ2v) is 2.73. The molecule has 12 heavy (non-hydrogen) atoms. The zero-order valence-electron chi connectivity index (χ0n) is 7.41. The van der Waals surface area contributed by atoms with E-state index < -0.39 is 0 Å². The van der Waals surface area contributed by atoms with Gasteiger partial charge in [-0.1, -0.05) is 6.07 Å². The second kappa shape index (κ2) is 4.07. The Morgan fingerprint density at radius 1 is 1.50 bits per heavy atom. The van der Waals surface area contributed by atoms with Crippen molar-refractivity contribution in [2.45, 2.75) is 13.5 Å². The van der Waals surface area contributed by atoms with Crippen molar-refractivity contribution >= 4 is 0 Å². The van der Waals surface area contributed by atoms with Gasteiger partial charge in [-0.25, -0.2) is 0 Å². The molecule has 1 aromatic rings. The highest BCUT2D eigenvalue weighted by Gasteiger charge is 1.94. The van der Waals surface area contributed by atoms with Gasteiger partial charge in [0.15, 0.2) is 0 Å². The number of hydrogen-bond donors (Lipinski definition) is 0. The molecule has 3 heteroatoms. The van der Waals surface area contributed by atoms with Crippen LogP contribution in [0.4, 0.5) is 0 Å². The number of pyridine rings is 1. The monoisotopic (exact) mass is 167 g/mol. The van der Waals surface area contributed by atoms with Crippen molar-refractivity contribution in [1.29, 1.82) is 0 Å². The van der Waals surface area contributed by atoms with Crippen molar-refractivity contribution in [3.05, 3.63) is 34.2 Å². The zero-order valence-corrected chi connectivity index (χ0v) is 7.41. The molecule has 1 aromatic heterocycles. The molecular formula is C9H13NO2. The first-order valence-corrected chi connectivity index (χ1v) is 3.90. The van der Waals surface area contributed by atoms with Gasteiger partial charge in [-0.15, -0.1) is 0 Å². The summed E-state index contributed by atoms with van der Waals surface area (Å²) in [5.41, 5.74) is 1.11. The summed E-state index contributed by atoms with van der Waals surface area (Å²) in [7, 11) is 1.63. The first-order valence-electron chi connectivity index (χ1n) is 3.90. The number of hydrogen-bond acceptors (Lipinski definition) is 2. The van der Waals surface area contributed by atoms with Gasteiger partial charge >= 0.3 is 0 Å². The smallest absolute Gasteiger partial charge is 0.250 e. The lowest BCUT2D eigenvalue weighted by Crippen LogP contribution is -2.20. The molecule has 0 aliphatic rings. The lowest BCUT2D eigenvalue weighted by atomic mass is 10.3. The lowest BCUT2D eigenvalue weighted by Gasteiger charge is -2.04. The highest BCUT2D eigenvalue weighted by Crippen LogP contribution is 1.91. The molecule has 0 aliphatic heterocycles. The van der Waals surface area contributed by atoms with Crippen LogP contribution in [0.2, 0.25) is 0 Å². The van der Waals surface area contributed by atoms with Crippen LogP contribution in [0.5, 0.6) is 0 Å². The quantitative estimate of drug-likeness (QED) is 0.667. The van der Waals surface area contributed by atoms with E-state index in [2.05, 4.69) is 0 Å². The number of nitrogens with zero attached hydrogens (tertiary/aromatic N) is 1. The SMILES string of the molecule is COCCn1cc(C)ccc1=O. The van der Waals surface area contributed by atoms with Gasteiger partial charge in [0.1, 0.15) is 0 Å². The molecule has 0 bridgehead atoms. The Bertz CT molecular complexity index is 304. The molecule has 0 aliphatic carbocycles. The van der Waals surface area contributed by atoms with E-state index in [1.54, 1.807) is 17.7 Å². The maximum atomic E-state index is 11.2. The minimum Gasteiger partial charge on any atom is -0.383 e. The summed E-state index contributed by atoms with van der Waals surface area (Å²) < 4.78 is 6.53. The van der Waals surface area contributed by atoms with E-state index >= 15 is 0 Å². The molecule has 0 aromatic carbocycles. The molecule has 0 radical (unpaired) electrons. The molecule has 3 nitrogen and oxygen atoms in total. The summed E-state index contributed by atoms with van der Waals surface area (Å²) in [6.07, 6.45) is 1.83. The number of ether oxygens (including phenoxy) is 1. The van der Waals surface area contributed by atoms with Crippen molar-refractivity contribution in [3.63, 3.8) is 0 Å². The van der Waals surface area contributed by atoms with E-state index in [9.17, 15) is 4.79 Å². The van der Waals surface area contributed by atoms with E-state index in [-0.39, 0.29) is 5.56 Å². The maximum Gasteiger partial charge on any atom is 0.250 e. The Hall–Kier alpha value is -1.09.